The van der Waals surface area contributed by atoms with Crippen LogP contribution in [0.2, 0.25) is 0 Å². The van der Waals surface area contributed by atoms with Crippen LogP contribution in [0.15, 0.2) is 243 Å². The molecule has 506 valence electrons. The maximum absolute atomic E-state index is 10.7. The van der Waals surface area contributed by atoms with E-state index < -0.39 is 0 Å². The lowest BCUT2D eigenvalue weighted by Crippen LogP contribution is -2.04. The van der Waals surface area contributed by atoms with Crippen molar-refractivity contribution in [2.24, 2.45) is 0 Å². The van der Waals surface area contributed by atoms with E-state index in [9.17, 15) is 36.8 Å². The van der Waals surface area contributed by atoms with E-state index >= 15 is 0 Å². The number of hydrogen-bond acceptors (Lipinski definition) is 10. The quantitative estimate of drug-likeness (QED) is 0.111. The van der Waals surface area contributed by atoms with E-state index in [2.05, 4.69) is 86.8 Å². The second-order valence-electron chi connectivity index (χ2n) is 25.7. The standard InChI is InChI=1S/C94H40N18/c1-102-70-35-66(50-98)88(67(36-70)51-99)61-23-29-83-74(41-61)75-42-62(89-65(49-97)33-55(48-96)34-79(89)105-4)24-30-84(75)111(83)82-27-21-59(56-19-17-54(47-95)18-20-56)39-73(82)60-22-28-87(78(40-60)94-109-92(57-13-9-7-10-14-57)108-93(110-94)58-15-11-8-12-16-58)112-85-31-25-63(90-68(52-100)37-71(103-2)45-80(90)106-5)43-76(85)77-44-64(26-32-86(77)112)91-69(53-101)38-72(104-3)46-81(91)107-6/h7-46H. The molecule has 0 unspecified atom stereocenters. The second kappa shape index (κ2) is 28.1. The zero-order chi connectivity index (χ0) is 77.4. The summed E-state index contributed by atoms with van der Waals surface area (Å²) in [5.74, 6) is 0.943. The predicted molar refractivity (Wildman–Crippen MR) is 428 cm³/mol. The molecule has 13 aromatic carbocycles. The minimum atomic E-state index is 0.0820. The summed E-state index contributed by atoms with van der Waals surface area (Å²) < 4.78 is 4.15. The molecule has 0 aliphatic carbocycles. The summed E-state index contributed by atoms with van der Waals surface area (Å²) in [7, 11) is 0. The average Bonchev–Trinajstić information content (AvgIpc) is 1.56. The molecule has 0 saturated heterocycles. The van der Waals surface area contributed by atoms with Gasteiger partial charge in [0, 0.05) is 82.7 Å². The molecule has 0 bridgehead atoms. The van der Waals surface area contributed by atoms with Crippen molar-refractivity contribution in [3.8, 4) is 155 Å². The van der Waals surface area contributed by atoms with E-state index in [1.807, 2.05) is 176 Å². The van der Waals surface area contributed by atoms with Crippen LogP contribution in [0.1, 0.15) is 38.9 Å². The third-order valence-corrected chi connectivity index (χ3v) is 19.7. The molecular weight excluding hydrogens is 1380 g/mol. The van der Waals surface area contributed by atoms with E-state index in [1.54, 1.807) is 12.1 Å². The lowest BCUT2D eigenvalue weighted by molar-refractivity contribution is 1.06. The van der Waals surface area contributed by atoms with Crippen molar-refractivity contribution < 1.29 is 0 Å². The fourth-order valence-corrected chi connectivity index (χ4v) is 14.7. The predicted octanol–water partition coefficient (Wildman–Crippen LogP) is 23.5. The summed E-state index contributed by atoms with van der Waals surface area (Å²) in [4.78, 5) is 38.1. The van der Waals surface area contributed by atoms with Crippen LogP contribution in [0, 0.1) is 119 Å². The molecule has 18 heteroatoms. The van der Waals surface area contributed by atoms with Crippen LogP contribution in [-0.2, 0) is 0 Å². The number of nitrogens with zero attached hydrogens (tertiary/aromatic N) is 18. The Morgan fingerprint density at radius 3 is 0.991 bits per heavy atom. The first-order chi connectivity index (χ1) is 54.9. The Morgan fingerprint density at radius 2 is 0.589 bits per heavy atom. The van der Waals surface area contributed by atoms with Gasteiger partial charge in [-0.25, -0.2) is 44.0 Å². The van der Waals surface area contributed by atoms with Crippen LogP contribution in [0.4, 0.5) is 34.1 Å². The SMILES string of the molecule is [C-]#[N+]c1cc(C#N)c(-c2ccc3c(c2)c2cc(-c4c(C#N)cc(C#N)cc4[N+]#[C-])ccc2n3-c2ccc(-c3ccc(C#N)cc3)cc2-c2ccc(-n3c4ccc(-c5c(C#N)cc([N+]#[C-])cc5[N+]#[C-])cc4c4cc(-c5c(C#N)cc([N+]#[C-])cc5[N+]#[C-])ccc43)c(-c3nc(-c4ccccc4)nc(-c4ccccc4)n3)c2)c(C#N)c1. The Morgan fingerprint density at radius 1 is 0.250 bits per heavy atom. The summed E-state index contributed by atoms with van der Waals surface area (Å²) in [6.07, 6.45) is 0. The Balaban J connectivity index is 1.03. The molecule has 0 radical (unpaired) electrons. The number of rotatable bonds is 11. The van der Waals surface area contributed by atoms with Gasteiger partial charge in [-0.05, 0) is 160 Å². The maximum atomic E-state index is 10.7. The van der Waals surface area contributed by atoms with E-state index in [4.69, 9.17) is 54.4 Å². The molecule has 0 saturated carbocycles. The molecule has 16 aromatic rings. The molecule has 0 aliphatic rings. The van der Waals surface area contributed by atoms with Gasteiger partial charge in [0.15, 0.2) is 51.6 Å². The fraction of sp³-hybridized carbons (Fsp3) is 0. The topological polar surface area (TPSA) is 241 Å². The first-order valence-corrected chi connectivity index (χ1v) is 34.1. The van der Waals surface area contributed by atoms with Gasteiger partial charge in [-0.3, -0.25) is 0 Å². The minimum Gasteiger partial charge on any atom is -0.309 e. The number of hydrogen-bond donors (Lipinski definition) is 0. The van der Waals surface area contributed by atoms with Crippen molar-refractivity contribution in [2.45, 2.75) is 0 Å². The molecule has 3 aromatic heterocycles. The molecule has 0 aliphatic heterocycles. The molecule has 0 fully saturated rings. The third kappa shape index (κ3) is 11.6. The molecule has 0 N–H and O–H groups in total. The Labute approximate surface area is 639 Å². The first kappa shape index (κ1) is 68.3. The van der Waals surface area contributed by atoms with Crippen molar-refractivity contribution in [3.63, 3.8) is 0 Å². The normalized spacial score (nSPS) is 10.6. The Hall–Kier alpha value is -18.2. The first-order valence-electron chi connectivity index (χ1n) is 34.1. The van der Waals surface area contributed by atoms with Gasteiger partial charge in [0.2, 0.25) is 0 Å². The smallest absolute Gasteiger partial charge is 0.197 e. The molecule has 18 nitrogen and oxygen atoms in total. The highest BCUT2D eigenvalue weighted by Crippen LogP contribution is 2.49. The largest absolute Gasteiger partial charge is 0.309 e. The number of fused-ring (bicyclic) bond motifs is 6. The van der Waals surface area contributed by atoms with Crippen LogP contribution in [0.3, 0.4) is 0 Å². The van der Waals surface area contributed by atoms with Crippen LogP contribution >= 0.6 is 0 Å². The zero-order valence-corrected chi connectivity index (χ0v) is 58.1. The zero-order valence-electron chi connectivity index (χ0n) is 58.1. The van der Waals surface area contributed by atoms with Crippen LogP contribution in [0.5, 0.6) is 0 Å². The van der Waals surface area contributed by atoms with Crippen molar-refractivity contribution >= 4 is 77.7 Å². The minimum absolute atomic E-state index is 0.0820. The van der Waals surface area contributed by atoms with Gasteiger partial charge < -0.3 is 9.13 Å². The van der Waals surface area contributed by atoms with Gasteiger partial charge in [-0.15, -0.1) is 0 Å². The summed E-state index contributed by atoms with van der Waals surface area (Å²) in [5, 5.41) is 76.1. The maximum Gasteiger partial charge on any atom is 0.197 e. The lowest BCUT2D eigenvalue weighted by Gasteiger charge is -2.19. The second-order valence-corrected chi connectivity index (χ2v) is 25.7. The van der Waals surface area contributed by atoms with E-state index in [-0.39, 0.29) is 73.3 Å². The molecule has 3 heterocycles. The Bertz CT molecular complexity index is 6970. The number of nitriles is 7. The highest BCUT2D eigenvalue weighted by Gasteiger charge is 2.28. The molecule has 16 rings (SSSR count). The molecule has 0 amide bonds. The summed E-state index contributed by atoms with van der Waals surface area (Å²) in [5.41, 5.74) is 13.3. The van der Waals surface area contributed by atoms with Gasteiger partial charge in [-0.1, -0.05) is 121 Å². The van der Waals surface area contributed by atoms with Gasteiger partial charge in [0.05, 0.1) is 138 Å². The van der Waals surface area contributed by atoms with Gasteiger partial charge in [-0.2, -0.15) is 36.8 Å². The number of aromatic nitrogens is 5. The van der Waals surface area contributed by atoms with Crippen LogP contribution in [-0.4, -0.2) is 24.1 Å². The highest BCUT2D eigenvalue weighted by molar-refractivity contribution is 6.15. The van der Waals surface area contributed by atoms with Crippen LogP contribution in [0.25, 0.3) is 185 Å². The summed E-state index contributed by atoms with van der Waals surface area (Å²) >= 11 is 0. The highest BCUT2D eigenvalue weighted by atomic mass is 15.1. The van der Waals surface area contributed by atoms with E-state index in [0.717, 1.165) is 11.1 Å². The van der Waals surface area contributed by atoms with Crippen molar-refractivity contribution in [3.05, 3.63) is 350 Å². The van der Waals surface area contributed by atoms with Crippen molar-refractivity contribution in [1.82, 2.24) is 24.1 Å². The average molecular weight is 1420 g/mol. The van der Waals surface area contributed by atoms with Crippen LogP contribution < -0.4 is 0 Å². The summed E-state index contributed by atoms with van der Waals surface area (Å²) in [6.45, 7) is 48.5. The van der Waals surface area contributed by atoms with Crippen molar-refractivity contribution in [1.29, 1.82) is 36.8 Å². The molecule has 0 spiro atoms. The Kier molecular flexibility index (Phi) is 17.1. The van der Waals surface area contributed by atoms with Crippen molar-refractivity contribution in [2.75, 3.05) is 0 Å². The van der Waals surface area contributed by atoms with E-state index in [1.165, 1.54) is 48.5 Å². The summed E-state index contributed by atoms with van der Waals surface area (Å²) in [6, 6.07) is 87.7. The third-order valence-electron chi connectivity index (χ3n) is 19.7. The molecule has 0 atom stereocenters. The lowest BCUT2D eigenvalue weighted by atomic mass is 9.92. The fourth-order valence-electron chi connectivity index (χ4n) is 14.7. The molecule has 112 heavy (non-hydrogen) atoms. The van der Waals surface area contributed by atoms with Gasteiger partial charge in [0.1, 0.15) is 0 Å². The van der Waals surface area contributed by atoms with Gasteiger partial charge in [0.25, 0.3) is 0 Å². The monoisotopic (exact) mass is 1420 g/mol. The van der Waals surface area contributed by atoms with E-state index in [0.29, 0.717) is 145 Å². The van der Waals surface area contributed by atoms with Gasteiger partial charge >= 0.3 is 0 Å². The molecular formula is C94H40N18. The number of benzene rings is 13.